The third-order valence-electron chi connectivity index (χ3n) is 6.63. The second kappa shape index (κ2) is 10.6. The first-order chi connectivity index (χ1) is 17.1. The summed E-state index contributed by atoms with van der Waals surface area (Å²) < 4.78 is 5.45. The Bertz CT molecular complexity index is 1210. The van der Waals surface area contributed by atoms with Crippen LogP contribution in [0.2, 0.25) is 5.02 Å². The molecule has 0 bridgehead atoms. The van der Waals surface area contributed by atoms with Crippen molar-refractivity contribution in [2.75, 3.05) is 31.5 Å². The summed E-state index contributed by atoms with van der Waals surface area (Å²) in [5.74, 6) is 0.663. The summed E-state index contributed by atoms with van der Waals surface area (Å²) >= 11 is 6.25. The maximum absolute atomic E-state index is 13.2. The van der Waals surface area contributed by atoms with Crippen LogP contribution in [0.15, 0.2) is 53.1 Å². The Kier molecular flexibility index (Phi) is 7.11. The van der Waals surface area contributed by atoms with Gasteiger partial charge < -0.3 is 14.7 Å². The van der Waals surface area contributed by atoms with Crippen LogP contribution in [0.3, 0.4) is 0 Å². The topological polar surface area (TPSA) is 91.6 Å². The van der Waals surface area contributed by atoms with Gasteiger partial charge in [-0.25, -0.2) is 0 Å². The molecule has 0 radical (unpaired) electrons. The predicted molar refractivity (Wildman–Crippen MR) is 133 cm³/mol. The Labute approximate surface area is 209 Å². The van der Waals surface area contributed by atoms with Gasteiger partial charge in [-0.05, 0) is 56.5 Å². The van der Waals surface area contributed by atoms with Gasteiger partial charge in [-0.1, -0.05) is 41.0 Å². The number of benzene rings is 2. The van der Waals surface area contributed by atoms with Gasteiger partial charge in [0.05, 0.1) is 28.7 Å². The van der Waals surface area contributed by atoms with Crippen molar-refractivity contribution in [2.24, 2.45) is 5.92 Å². The number of aromatic nitrogens is 2. The highest BCUT2D eigenvalue weighted by molar-refractivity contribution is 6.33. The predicted octanol–water partition coefficient (Wildman–Crippen LogP) is 4.48. The van der Waals surface area contributed by atoms with Gasteiger partial charge >= 0.3 is 0 Å². The van der Waals surface area contributed by atoms with Crippen molar-refractivity contribution in [3.8, 4) is 11.4 Å². The number of piperidine rings is 1. The average molecular weight is 494 g/mol. The number of anilines is 1. The van der Waals surface area contributed by atoms with Crippen LogP contribution in [-0.4, -0.2) is 57.9 Å². The summed E-state index contributed by atoms with van der Waals surface area (Å²) in [6, 6.07) is 14.6. The summed E-state index contributed by atoms with van der Waals surface area (Å²) in [6.45, 7) is 3.43. The molecule has 3 aromatic rings. The largest absolute Gasteiger partial charge is 0.339 e. The number of carbonyl (C=O) groups excluding carboxylic acids is 2. The molecular formula is C26H28ClN5O3. The fraction of sp³-hybridized carbons (Fsp3) is 0.385. The molecule has 182 valence electrons. The molecule has 9 heteroatoms. The highest BCUT2D eigenvalue weighted by atomic mass is 35.5. The normalized spacial score (nSPS) is 18.5. The number of hydrogen-bond acceptors (Lipinski definition) is 6. The second-order valence-corrected chi connectivity index (χ2v) is 9.51. The molecule has 1 N–H and O–H groups in total. The lowest BCUT2D eigenvalue weighted by Crippen LogP contribution is -2.40. The molecule has 1 atom stereocenters. The van der Waals surface area contributed by atoms with E-state index < -0.39 is 0 Å². The van der Waals surface area contributed by atoms with Gasteiger partial charge in [-0.2, -0.15) is 4.98 Å². The molecule has 0 aliphatic carbocycles. The molecule has 8 nitrogen and oxygen atoms in total. The van der Waals surface area contributed by atoms with Gasteiger partial charge in [-0.15, -0.1) is 0 Å². The van der Waals surface area contributed by atoms with Crippen LogP contribution in [0.1, 0.15) is 41.9 Å². The van der Waals surface area contributed by atoms with Crippen molar-refractivity contribution >= 4 is 29.1 Å². The standard InChI is InChI=1S/C26H28ClN5O3/c27-21-11-3-1-9-19(21)24-29-23(35-30-24)17-31-13-7-8-18(16-31)25(33)28-22-12-4-2-10-20(22)26(34)32-14-5-6-15-32/h1-4,9-12,18H,5-8,13-17H2,(H,28,33). The van der Waals surface area contributed by atoms with E-state index in [1.165, 1.54) is 0 Å². The van der Waals surface area contributed by atoms with E-state index in [0.717, 1.165) is 50.9 Å². The molecule has 2 aromatic carbocycles. The lowest BCUT2D eigenvalue weighted by atomic mass is 9.96. The third-order valence-corrected chi connectivity index (χ3v) is 6.96. The van der Waals surface area contributed by atoms with Crippen LogP contribution in [0.4, 0.5) is 5.69 Å². The third kappa shape index (κ3) is 5.39. The first-order valence-corrected chi connectivity index (χ1v) is 12.5. The maximum Gasteiger partial charge on any atom is 0.255 e. The smallest absolute Gasteiger partial charge is 0.255 e. The Morgan fingerprint density at radius 3 is 2.63 bits per heavy atom. The first kappa shape index (κ1) is 23.5. The molecule has 2 aliphatic heterocycles. The van der Waals surface area contributed by atoms with Crippen LogP contribution in [-0.2, 0) is 11.3 Å². The lowest BCUT2D eigenvalue weighted by molar-refractivity contribution is -0.121. The average Bonchev–Trinajstić information content (AvgIpc) is 3.57. The monoisotopic (exact) mass is 493 g/mol. The molecule has 3 heterocycles. The highest BCUT2D eigenvalue weighted by Crippen LogP contribution is 2.26. The van der Waals surface area contributed by atoms with E-state index in [-0.39, 0.29) is 17.7 Å². The van der Waals surface area contributed by atoms with Crippen LogP contribution < -0.4 is 5.32 Å². The summed E-state index contributed by atoms with van der Waals surface area (Å²) in [5.41, 5.74) is 1.85. The van der Waals surface area contributed by atoms with E-state index in [1.807, 2.05) is 35.2 Å². The van der Waals surface area contributed by atoms with Gasteiger partial charge in [0.1, 0.15) is 0 Å². The molecule has 35 heavy (non-hydrogen) atoms. The van der Waals surface area contributed by atoms with Gasteiger partial charge in [0.2, 0.25) is 17.6 Å². The van der Waals surface area contributed by atoms with E-state index in [2.05, 4.69) is 20.4 Å². The van der Waals surface area contributed by atoms with Crippen molar-refractivity contribution in [3.05, 3.63) is 65.0 Å². The number of likely N-dealkylation sites (tertiary alicyclic amines) is 2. The molecule has 2 amide bonds. The summed E-state index contributed by atoms with van der Waals surface area (Å²) in [4.78, 5) is 34.6. The minimum Gasteiger partial charge on any atom is -0.339 e. The summed E-state index contributed by atoms with van der Waals surface area (Å²) in [5, 5.41) is 7.66. The number of halogens is 1. The van der Waals surface area contributed by atoms with Crippen molar-refractivity contribution in [2.45, 2.75) is 32.2 Å². The van der Waals surface area contributed by atoms with Crippen molar-refractivity contribution in [3.63, 3.8) is 0 Å². The van der Waals surface area contributed by atoms with Gasteiger partial charge in [0.15, 0.2) is 0 Å². The summed E-state index contributed by atoms with van der Waals surface area (Å²) in [7, 11) is 0. The van der Waals surface area contributed by atoms with Crippen molar-refractivity contribution in [1.82, 2.24) is 19.9 Å². The van der Waals surface area contributed by atoms with Crippen LogP contribution in [0.5, 0.6) is 0 Å². The van der Waals surface area contributed by atoms with Crippen LogP contribution in [0.25, 0.3) is 11.4 Å². The number of nitrogens with one attached hydrogen (secondary N) is 1. The fourth-order valence-electron chi connectivity index (χ4n) is 4.78. The Hall–Kier alpha value is -3.23. The molecule has 2 aliphatic rings. The van der Waals surface area contributed by atoms with E-state index >= 15 is 0 Å². The Morgan fingerprint density at radius 2 is 1.80 bits per heavy atom. The molecule has 1 unspecified atom stereocenters. The highest BCUT2D eigenvalue weighted by Gasteiger charge is 2.29. The number of rotatable bonds is 6. The second-order valence-electron chi connectivity index (χ2n) is 9.10. The molecule has 0 spiro atoms. The summed E-state index contributed by atoms with van der Waals surface area (Å²) in [6.07, 6.45) is 3.73. The Morgan fingerprint density at radius 1 is 1.03 bits per heavy atom. The van der Waals surface area contributed by atoms with Gasteiger partial charge in [0.25, 0.3) is 5.91 Å². The fourth-order valence-corrected chi connectivity index (χ4v) is 5.00. The Balaban J connectivity index is 1.22. The zero-order chi connectivity index (χ0) is 24.2. The minimum absolute atomic E-state index is 0.0191. The lowest BCUT2D eigenvalue weighted by Gasteiger charge is -2.31. The number of carbonyl (C=O) groups is 2. The van der Waals surface area contributed by atoms with Gasteiger partial charge in [0, 0.05) is 25.2 Å². The molecule has 2 fully saturated rings. The molecule has 2 saturated heterocycles. The molecule has 5 rings (SSSR count). The molecule has 0 saturated carbocycles. The van der Waals surface area contributed by atoms with E-state index in [0.29, 0.717) is 41.1 Å². The number of amides is 2. The first-order valence-electron chi connectivity index (χ1n) is 12.1. The number of hydrogen-bond donors (Lipinski definition) is 1. The zero-order valence-corrected chi connectivity index (χ0v) is 20.2. The number of para-hydroxylation sites is 1. The van der Waals surface area contributed by atoms with Crippen molar-refractivity contribution < 1.29 is 14.1 Å². The quantitative estimate of drug-likeness (QED) is 0.544. The maximum atomic E-state index is 13.2. The molecule has 1 aromatic heterocycles. The van der Waals surface area contributed by atoms with Crippen LogP contribution >= 0.6 is 11.6 Å². The molecular weight excluding hydrogens is 466 g/mol. The minimum atomic E-state index is -0.190. The van der Waals surface area contributed by atoms with E-state index in [1.54, 1.807) is 18.2 Å². The van der Waals surface area contributed by atoms with E-state index in [9.17, 15) is 9.59 Å². The van der Waals surface area contributed by atoms with E-state index in [4.69, 9.17) is 16.1 Å². The number of nitrogens with zero attached hydrogens (tertiary/aromatic N) is 4. The van der Waals surface area contributed by atoms with Crippen LogP contribution in [0, 0.1) is 5.92 Å². The van der Waals surface area contributed by atoms with Gasteiger partial charge in [-0.3, -0.25) is 14.5 Å². The van der Waals surface area contributed by atoms with Crippen molar-refractivity contribution in [1.29, 1.82) is 0 Å². The zero-order valence-electron chi connectivity index (χ0n) is 19.5. The SMILES string of the molecule is O=C(Nc1ccccc1C(=O)N1CCCC1)C1CCCN(Cc2nc(-c3ccccc3Cl)no2)C1.